The van der Waals surface area contributed by atoms with Gasteiger partial charge in [0.15, 0.2) is 6.54 Å². The van der Waals surface area contributed by atoms with Crippen LogP contribution in [-0.2, 0) is 0 Å². The van der Waals surface area contributed by atoms with Crippen molar-refractivity contribution in [2.24, 2.45) is 0 Å². The van der Waals surface area contributed by atoms with Crippen LogP contribution in [0.25, 0.3) is 10.9 Å². The Kier molecular flexibility index (Phi) is 3.85. The lowest BCUT2D eigenvalue weighted by Gasteiger charge is -2.29. The van der Waals surface area contributed by atoms with Gasteiger partial charge in [-0.05, 0) is 51.7 Å². The monoisotopic (exact) mass is 285 g/mol. The molecule has 1 fully saturated rings. The summed E-state index contributed by atoms with van der Waals surface area (Å²) >= 11 is 0. The zero-order valence-electron chi connectivity index (χ0n) is 13.3. The van der Waals surface area contributed by atoms with Crippen molar-refractivity contribution in [1.82, 2.24) is 4.57 Å². The number of piperidine rings is 1. The predicted octanol–water partition coefficient (Wildman–Crippen LogP) is 2.36. The number of nitrogens with one attached hydrogen (secondary N) is 1. The lowest BCUT2D eigenvalue weighted by atomic mass is 10.0. The maximum Gasteiger partial charge on any atom is 0.286 e. The second kappa shape index (κ2) is 5.64. The molecule has 2 heterocycles. The van der Waals surface area contributed by atoms with Gasteiger partial charge in [0.05, 0.1) is 18.1 Å². The molecule has 1 aromatic carbocycles. The number of hydrogen-bond donors (Lipinski definition) is 1. The molecule has 21 heavy (non-hydrogen) atoms. The molecule has 112 valence electrons. The fourth-order valence-electron chi connectivity index (χ4n) is 3.64. The summed E-state index contributed by atoms with van der Waals surface area (Å²) in [7, 11) is 0. The minimum atomic E-state index is 0.237. The summed E-state index contributed by atoms with van der Waals surface area (Å²) in [6.45, 7) is 8.18. The highest BCUT2D eigenvalue weighted by Crippen LogP contribution is 2.24. The van der Waals surface area contributed by atoms with Gasteiger partial charge in [0.25, 0.3) is 5.91 Å². The van der Waals surface area contributed by atoms with Crippen LogP contribution >= 0.6 is 0 Å². The molecule has 0 spiro atoms. The van der Waals surface area contributed by atoms with E-state index in [1.807, 2.05) is 16.7 Å². The lowest BCUT2D eigenvalue weighted by Crippen LogP contribution is -3.17. The van der Waals surface area contributed by atoms with Crippen LogP contribution in [0, 0.1) is 13.8 Å². The Hall–Kier alpha value is -1.61. The van der Waals surface area contributed by atoms with Crippen LogP contribution in [0.3, 0.4) is 0 Å². The van der Waals surface area contributed by atoms with E-state index >= 15 is 0 Å². The number of hydrogen-bond acceptors (Lipinski definition) is 1. The number of fused-ring (bicyclic) bond motifs is 1. The highest BCUT2D eigenvalue weighted by atomic mass is 16.2. The Morgan fingerprint density at radius 1 is 1.29 bits per heavy atom. The molecule has 3 rings (SSSR count). The van der Waals surface area contributed by atoms with Gasteiger partial charge in [-0.25, -0.2) is 0 Å². The van der Waals surface area contributed by atoms with Crippen LogP contribution in [0.2, 0.25) is 0 Å². The third-order valence-corrected chi connectivity index (χ3v) is 5.14. The predicted molar refractivity (Wildman–Crippen MR) is 86.0 cm³/mol. The standard InChI is InChI=1S/C18H24N2O/c1-13-8-6-7-11-19(13)12-18(21)20-15(3)14(2)16-9-4-5-10-17(16)20/h4-5,9-10,13H,6-8,11-12H2,1-3H3/p+1/t13-/m1/s1. The van der Waals surface area contributed by atoms with E-state index in [2.05, 4.69) is 32.9 Å². The maximum atomic E-state index is 12.8. The molecule has 3 heteroatoms. The van der Waals surface area contributed by atoms with Crippen LogP contribution in [0.15, 0.2) is 24.3 Å². The highest BCUT2D eigenvalue weighted by Gasteiger charge is 2.26. The number of quaternary nitrogens is 1. The van der Waals surface area contributed by atoms with E-state index in [1.54, 1.807) is 0 Å². The van der Waals surface area contributed by atoms with Gasteiger partial charge < -0.3 is 4.90 Å². The quantitative estimate of drug-likeness (QED) is 0.901. The first-order chi connectivity index (χ1) is 10.1. The molecule has 2 aromatic rings. The Morgan fingerprint density at radius 3 is 2.81 bits per heavy atom. The molecular formula is C18H25N2O+. The van der Waals surface area contributed by atoms with Crippen LogP contribution in [0.1, 0.15) is 42.2 Å². The van der Waals surface area contributed by atoms with Crippen LogP contribution in [-0.4, -0.2) is 29.6 Å². The van der Waals surface area contributed by atoms with E-state index in [0.29, 0.717) is 12.6 Å². The highest BCUT2D eigenvalue weighted by molar-refractivity contribution is 5.96. The lowest BCUT2D eigenvalue weighted by molar-refractivity contribution is -0.920. The number of aromatic nitrogens is 1. The van der Waals surface area contributed by atoms with Gasteiger partial charge in [0.2, 0.25) is 0 Å². The number of benzene rings is 1. The molecule has 1 saturated heterocycles. The molecule has 0 bridgehead atoms. The number of para-hydroxylation sites is 1. The molecule has 1 aliphatic heterocycles. The zero-order valence-corrected chi connectivity index (χ0v) is 13.3. The first-order valence-corrected chi connectivity index (χ1v) is 8.04. The van der Waals surface area contributed by atoms with Crippen molar-refractivity contribution in [2.75, 3.05) is 13.1 Å². The first-order valence-electron chi connectivity index (χ1n) is 8.04. The average Bonchev–Trinajstić information content (AvgIpc) is 2.74. The van der Waals surface area contributed by atoms with Crippen molar-refractivity contribution < 1.29 is 9.69 Å². The van der Waals surface area contributed by atoms with Crippen molar-refractivity contribution in [3.05, 3.63) is 35.5 Å². The Bertz CT molecular complexity index is 671. The second-order valence-corrected chi connectivity index (χ2v) is 6.44. The zero-order chi connectivity index (χ0) is 15.0. The molecule has 2 atom stereocenters. The summed E-state index contributed by atoms with van der Waals surface area (Å²) < 4.78 is 1.93. The molecular weight excluding hydrogens is 260 g/mol. The molecule has 0 aliphatic carbocycles. The van der Waals surface area contributed by atoms with Crippen molar-refractivity contribution in [3.63, 3.8) is 0 Å². The summed E-state index contributed by atoms with van der Waals surface area (Å²) in [5.74, 6) is 0.237. The topological polar surface area (TPSA) is 26.4 Å². The van der Waals surface area contributed by atoms with E-state index < -0.39 is 0 Å². The van der Waals surface area contributed by atoms with Gasteiger partial charge in [0, 0.05) is 11.1 Å². The van der Waals surface area contributed by atoms with Gasteiger partial charge in [-0.2, -0.15) is 0 Å². The minimum absolute atomic E-state index is 0.237. The molecule has 0 saturated carbocycles. The van der Waals surface area contributed by atoms with E-state index in [1.165, 1.54) is 35.1 Å². The Balaban J connectivity index is 1.93. The van der Waals surface area contributed by atoms with Crippen molar-refractivity contribution in [3.8, 4) is 0 Å². The summed E-state index contributed by atoms with van der Waals surface area (Å²) in [5, 5.41) is 1.20. The summed E-state index contributed by atoms with van der Waals surface area (Å²) in [5.41, 5.74) is 3.37. The molecule has 1 unspecified atom stereocenters. The van der Waals surface area contributed by atoms with E-state index in [4.69, 9.17) is 0 Å². The molecule has 1 N–H and O–H groups in total. The van der Waals surface area contributed by atoms with E-state index in [-0.39, 0.29) is 5.91 Å². The number of carbonyl (C=O) groups is 1. The number of carbonyl (C=O) groups excluding carboxylic acids is 1. The van der Waals surface area contributed by atoms with Crippen molar-refractivity contribution >= 4 is 16.8 Å². The van der Waals surface area contributed by atoms with E-state index in [9.17, 15) is 4.79 Å². The number of likely N-dealkylation sites (tertiary alicyclic amines) is 1. The van der Waals surface area contributed by atoms with Gasteiger partial charge in [-0.3, -0.25) is 9.36 Å². The van der Waals surface area contributed by atoms with E-state index in [0.717, 1.165) is 17.8 Å². The van der Waals surface area contributed by atoms with Crippen LogP contribution in [0.5, 0.6) is 0 Å². The Morgan fingerprint density at radius 2 is 2.05 bits per heavy atom. The number of rotatable bonds is 2. The van der Waals surface area contributed by atoms with Gasteiger partial charge >= 0.3 is 0 Å². The summed E-state index contributed by atoms with van der Waals surface area (Å²) in [4.78, 5) is 14.3. The fraction of sp³-hybridized carbons (Fsp3) is 0.500. The van der Waals surface area contributed by atoms with Gasteiger partial charge in [-0.15, -0.1) is 0 Å². The third-order valence-electron chi connectivity index (χ3n) is 5.14. The second-order valence-electron chi connectivity index (χ2n) is 6.44. The molecule has 0 amide bonds. The SMILES string of the molecule is Cc1c(C)n(C(=O)C[NH+]2CCCC[C@H]2C)c2ccccc12. The number of nitrogens with zero attached hydrogens (tertiary/aromatic N) is 1. The van der Waals surface area contributed by atoms with Crippen molar-refractivity contribution in [2.45, 2.75) is 46.1 Å². The number of aryl methyl sites for hydroxylation is 1. The average molecular weight is 285 g/mol. The van der Waals surface area contributed by atoms with Gasteiger partial charge in [0.1, 0.15) is 0 Å². The van der Waals surface area contributed by atoms with Gasteiger partial charge in [-0.1, -0.05) is 18.2 Å². The maximum absolute atomic E-state index is 12.8. The summed E-state index contributed by atoms with van der Waals surface area (Å²) in [6, 6.07) is 8.83. The minimum Gasteiger partial charge on any atom is -0.325 e. The largest absolute Gasteiger partial charge is 0.325 e. The molecule has 1 aromatic heterocycles. The fourth-order valence-corrected chi connectivity index (χ4v) is 3.64. The molecule has 0 radical (unpaired) electrons. The normalized spacial score (nSPS) is 22.6. The third kappa shape index (κ3) is 2.51. The molecule has 3 nitrogen and oxygen atoms in total. The summed E-state index contributed by atoms with van der Waals surface area (Å²) in [6.07, 6.45) is 3.80. The van der Waals surface area contributed by atoms with Crippen molar-refractivity contribution in [1.29, 1.82) is 0 Å². The van der Waals surface area contributed by atoms with Crippen LogP contribution < -0.4 is 4.90 Å². The Labute approximate surface area is 126 Å². The molecule has 1 aliphatic rings. The van der Waals surface area contributed by atoms with Crippen LogP contribution in [0.4, 0.5) is 0 Å². The smallest absolute Gasteiger partial charge is 0.286 e. The first kappa shape index (κ1) is 14.3.